The van der Waals surface area contributed by atoms with Gasteiger partial charge in [0.15, 0.2) is 0 Å². The molecule has 0 radical (unpaired) electrons. The summed E-state index contributed by atoms with van der Waals surface area (Å²) in [4.78, 5) is 4.63. The Hall–Kier alpha value is -0.370. The Morgan fingerprint density at radius 3 is 2.42 bits per heavy atom. The van der Waals surface area contributed by atoms with Crippen LogP contribution in [0.5, 0.6) is 0 Å². The second-order valence-corrected chi connectivity index (χ2v) is 4.66. The quantitative estimate of drug-likeness (QED) is 0.638. The molecule has 0 aromatic rings. The van der Waals surface area contributed by atoms with E-state index in [1.165, 1.54) is 5.71 Å². The molecular formula is C10H20N2. The Balaban J connectivity index is 2.88. The summed E-state index contributed by atoms with van der Waals surface area (Å²) in [7, 11) is 0. The SMILES string of the molecule is CCC1(C)N=C(C)CC(C)(C)N1. The smallest absolute Gasteiger partial charge is 0.107 e. The highest BCUT2D eigenvalue weighted by molar-refractivity contribution is 5.84. The minimum atomic E-state index is -0.0359. The summed E-state index contributed by atoms with van der Waals surface area (Å²) in [6, 6.07) is 0. The highest BCUT2D eigenvalue weighted by atomic mass is 15.2. The van der Waals surface area contributed by atoms with Crippen molar-refractivity contribution in [3.05, 3.63) is 0 Å². The zero-order valence-electron chi connectivity index (χ0n) is 8.86. The van der Waals surface area contributed by atoms with Crippen molar-refractivity contribution in [2.45, 2.75) is 58.7 Å². The van der Waals surface area contributed by atoms with Gasteiger partial charge in [0.05, 0.1) is 0 Å². The predicted octanol–water partition coefficient (Wildman–Crippen LogP) is 2.35. The van der Waals surface area contributed by atoms with Crippen LogP contribution in [0.1, 0.15) is 47.5 Å². The van der Waals surface area contributed by atoms with Crippen LogP contribution in [0.3, 0.4) is 0 Å². The molecule has 1 unspecified atom stereocenters. The van der Waals surface area contributed by atoms with Crippen molar-refractivity contribution in [1.82, 2.24) is 5.32 Å². The van der Waals surface area contributed by atoms with Gasteiger partial charge in [-0.15, -0.1) is 0 Å². The zero-order chi connectivity index (χ0) is 9.41. The summed E-state index contributed by atoms with van der Waals surface area (Å²) in [5.74, 6) is 0. The molecule has 0 saturated carbocycles. The molecule has 0 aliphatic carbocycles. The molecule has 1 rings (SSSR count). The number of hydrogen-bond donors (Lipinski definition) is 1. The van der Waals surface area contributed by atoms with Crippen LogP contribution in [0.15, 0.2) is 4.99 Å². The molecule has 1 aliphatic heterocycles. The van der Waals surface area contributed by atoms with Gasteiger partial charge in [0.25, 0.3) is 0 Å². The van der Waals surface area contributed by atoms with Crippen LogP contribution in [0, 0.1) is 0 Å². The van der Waals surface area contributed by atoms with E-state index in [1.807, 2.05) is 0 Å². The molecule has 0 saturated heterocycles. The van der Waals surface area contributed by atoms with Crippen molar-refractivity contribution in [2.75, 3.05) is 0 Å². The topological polar surface area (TPSA) is 24.4 Å². The van der Waals surface area contributed by atoms with E-state index in [4.69, 9.17) is 0 Å². The van der Waals surface area contributed by atoms with E-state index in [1.54, 1.807) is 0 Å². The van der Waals surface area contributed by atoms with Crippen LogP contribution in [-0.2, 0) is 0 Å². The first-order valence-electron chi connectivity index (χ1n) is 4.71. The molecule has 12 heavy (non-hydrogen) atoms. The van der Waals surface area contributed by atoms with Gasteiger partial charge in [-0.1, -0.05) is 6.92 Å². The first kappa shape index (κ1) is 9.72. The van der Waals surface area contributed by atoms with Gasteiger partial charge in [0.1, 0.15) is 5.66 Å². The Bertz CT molecular complexity index is 206. The lowest BCUT2D eigenvalue weighted by Crippen LogP contribution is -2.56. The maximum Gasteiger partial charge on any atom is 0.107 e. The lowest BCUT2D eigenvalue weighted by molar-refractivity contribution is 0.236. The summed E-state index contributed by atoms with van der Waals surface area (Å²) in [6.07, 6.45) is 2.11. The van der Waals surface area contributed by atoms with Crippen LogP contribution < -0.4 is 5.32 Å². The fourth-order valence-electron chi connectivity index (χ4n) is 2.07. The third kappa shape index (κ3) is 2.07. The molecule has 1 heterocycles. The lowest BCUT2D eigenvalue weighted by Gasteiger charge is -2.41. The molecule has 0 bridgehead atoms. The predicted molar refractivity (Wildman–Crippen MR) is 53.6 cm³/mol. The number of aliphatic imine (C=N–C) groups is 1. The molecule has 0 fully saturated rings. The average molecular weight is 168 g/mol. The van der Waals surface area contributed by atoms with E-state index in [0.717, 1.165) is 12.8 Å². The van der Waals surface area contributed by atoms with E-state index in [-0.39, 0.29) is 11.2 Å². The monoisotopic (exact) mass is 168 g/mol. The number of nitrogens with one attached hydrogen (secondary N) is 1. The molecule has 1 N–H and O–H groups in total. The molecule has 0 aromatic heterocycles. The summed E-state index contributed by atoms with van der Waals surface area (Å²) in [5.41, 5.74) is 1.44. The Morgan fingerprint density at radius 2 is 2.00 bits per heavy atom. The third-order valence-corrected chi connectivity index (χ3v) is 2.43. The second-order valence-electron chi connectivity index (χ2n) is 4.66. The van der Waals surface area contributed by atoms with Crippen molar-refractivity contribution in [3.63, 3.8) is 0 Å². The minimum Gasteiger partial charge on any atom is -0.288 e. The van der Waals surface area contributed by atoms with Crippen LogP contribution in [0.25, 0.3) is 0 Å². The first-order valence-corrected chi connectivity index (χ1v) is 4.71. The van der Waals surface area contributed by atoms with Crippen LogP contribution in [0.2, 0.25) is 0 Å². The van der Waals surface area contributed by atoms with E-state index >= 15 is 0 Å². The van der Waals surface area contributed by atoms with Crippen LogP contribution in [-0.4, -0.2) is 16.9 Å². The van der Waals surface area contributed by atoms with Crippen LogP contribution in [0.4, 0.5) is 0 Å². The van der Waals surface area contributed by atoms with Crippen molar-refractivity contribution >= 4 is 5.71 Å². The number of rotatable bonds is 1. The summed E-state index contributed by atoms with van der Waals surface area (Å²) >= 11 is 0. The van der Waals surface area contributed by atoms with Gasteiger partial charge in [0.2, 0.25) is 0 Å². The normalized spacial score (nSPS) is 34.6. The van der Waals surface area contributed by atoms with Crippen LogP contribution >= 0.6 is 0 Å². The Morgan fingerprint density at radius 1 is 1.42 bits per heavy atom. The number of hydrogen-bond acceptors (Lipinski definition) is 2. The molecule has 0 amide bonds. The van der Waals surface area contributed by atoms with Crippen molar-refractivity contribution < 1.29 is 0 Å². The van der Waals surface area contributed by atoms with E-state index in [0.29, 0.717) is 0 Å². The molecule has 2 heteroatoms. The first-order chi connectivity index (χ1) is 5.37. The summed E-state index contributed by atoms with van der Waals surface area (Å²) < 4.78 is 0. The molecular weight excluding hydrogens is 148 g/mol. The molecule has 0 spiro atoms. The molecule has 1 atom stereocenters. The van der Waals surface area contributed by atoms with Crippen molar-refractivity contribution in [3.8, 4) is 0 Å². The maximum absolute atomic E-state index is 4.63. The fraction of sp³-hybridized carbons (Fsp3) is 0.900. The van der Waals surface area contributed by atoms with E-state index in [9.17, 15) is 0 Å². The largest absolute Gasteiger partial charge is 0.288 e. The molecule has 0 aromatic carbocycles. The maximum atomic E-state index is 4.63. The van der Waals surface area contributed by atoms with E-state index in [2.05, 4.69) is 44.9 Å². The third-order valence-electron chi connectivity index (χ3n) is 2.43. The summed E-state index contributed by atoms with van der Waals surface area (Å²) in [6.45, 7) is 10.9. The Labute approximate surface area is 75.5 Å². The van der Waals surface area contributed by atoms with Gasteiger partial charge in [0, 0.05) is 17.7 Å². The average Bonchev–Trinajstić information content (AvgIpc) is 1.82. The van der Waals surface area contributed by atoms with Gasteiger partial charge >= 0.3 is 0 Å². The minimum absolute atomic E-state index is 0.0359. The van der Waals surface area contributed by atoms with Gasteiger partial charge in [-0.2, -0.15) is 0 Å². The van der Waals surface area contributed by atoms with Gasteiger partial charge in [-0.25, -0.2) is 0 Å². The Kier molecular flexibility index (Phi) is 2.30. The fourth-order valence-corrected chi connectivity index (χ4v) is 2.07. The highest BCUT2D eigenvalue weighted by Crippen LogP contribution is 2.25. The molecule has 1 aliphatic rings. The van der Waals surface area contributed by atoms with Gasteiger partial charge in [-0.3, -0.25) is 10.3 Å². The number of nitrogens with zero attached hydrogens (tertiary/aromatic N) is 1. The summed E-state index contributed by atoms with van der Waals surface area (Å²) in [5, 5.41) is 3.56. The standard InChI is InChI=1S/C10H20N2/c1-6-10(5)11-8(2)7-9(3,4)12-10/h12H,6-7H2,1-5H3. The molecule has 2 nitrogen and oxygen atoms in total. The van der Waals surface area contributed by atoms with Crippen molar-refractivity contribution in [1.29, 1.82) is 0 Å². The highest BCUT2D eigenvalue weighted by Gasteiger charge is 2.33. The molecule has 70 valence electrons. The van der Waals surface area contributed by atoms with Gasteiger partial charge < -0.3 is 0 Å². The second kappa shape index (κ2) is 2.84. The van der Waals surface area contributed by atoms with Gasteiger partial charge in [-0.05, 0) is 34.1 Å². The van der Waals surface area contributed by atoms with Crippen molar-refractivity contribution in [2.24, 2.45) is 4.99 Å². The zero-order valence-corrected chi connectivity index (χ0v) is 8.86. The van der Waals surface area contributed by atoms with E-state index < -0.39 is 0 Å². The lowest BCUT2D eigenvalue weighted by atomic mass is 9.91.